The summed E-state index contributed by atoms with van der Waals surface area (Å²) in [5.74, 6) is -0.893. The van der Waals surface area contributed by atoms with E-state index in [9.17, 15) is 4.79 Å². The average Bonchev–Trinajstić information content (AvgIpc) is 2.77. The van der Waals surface area contributed by atoms with Gasteiger partial charge in [0.15, 0.2) is 0 Å². The first kappa shape index (κ1) is 11.9. The maximum atomic E-state index is 10.8. The van der Waals surface area contributed by atoms with Gasteiger partial charge in [-0.15, -0.1) is 11.3 Å². The van der Waals surface area contributed by atoms with Gasteiger partial charge in [-0.2, -0.15) is 0 Å². The van der Waals surface area contributed by atoms with Gasteiger partial charge in [0.25, 0.3) is 0 Å². The molecule has 0 fully saturated rings. The van der Waals surface area contributed by atoms with Crippen LogP contribution in [0.4, 0.5) is 0 Å². The number of carboxylic acids is 1. The van der Waals surface area contributed by atoms with Crippen molar-refractivity contribution in [3.05, 3.63) is 59.0 Å². The zero-order valence-electron chi connectivity index (χ0n) is 10.4. The van der Waals surface area contributed by atoms with E-state index in [1.807, 2.05) is 12.1 Å². The summed E-state index contributed by atoms with van der Waals surface area (Å²) in [4.78, 5) is 12.1. The number of rotatable bonds is 2. The highest BCUT2D eigenvalue weighted by atomic mass is 32.1. The number of hydrogen-bond donors (Lipinski definition) is 1. The number of thiophene rings is 1. The maximum Gasteiger partial charge on any atom is 0.335 e. The minimum absolute atomic E-state index is 0.316. The minimum Gasteiger partial charge on any atom is -0.478 e. The van der Waals surface area contributed by atoms with Gasteiger partial charge < -0.3 is 5.11 Å². The lowest BCUT2D eigenvalue weighted by Crippen LogP contribution is -1.94. The van der Waals surface area contributed by atoms with Crippen molar-refractivity contribution in [1.82, 2.24) is 0 Å². The zero-order chi connectivity index (χ0) is 13.4. The molecule has 2 nitrogen and oxygen atoms in total. The minimum atomic E-state index is -0.893. The third-order valence-corrected chi connectivity index (χ3v) is 4.14. The van der Waals surface area contributed by atoms with Crippen LogP contribution in [0.5, 0.6) is 0 Å². The molecule has 0 unspecified atom stereocenters. The predicted octanol–water partition coefficient (Wildman–Crippen LogP) is 4.57. The molecule has 0 aliphatic heterocycles. The van der Waals surface area contributed by atoms with Gasteiger partial charge >= 0.3 is 5.97 Å². The van der Waals surface area contributed by atoms with E-state index < -0.39 is 5.97 Å². The smallest absolute Gasteiger partial charge is 0.335 e. The number of hydrogen-bond acceptors (Lipinski definition) is 2. The normalized spacial score (nSPS) is 10.8. The van der Waals surface area contributed by atoms with E-state index in [2.05, 4.69) is 31.2 Å². The molecule has 19 heavy (non-hydrogen) atoms. The van der Waals surface area contributed by atoms with Crippen molar-refractivity contribution in [2.75, 3.05) is 0 Å². The summed E-state index contributed by atoms with van der Waals surface area (Å²) in [5.41, 5.74) is 2.47. The Morgan fingerprint density at radius 2 is 1.68 bits per heavy atom. The highest BCUT2D eigenvalue weighted by Crippen LogP contribution is 2.29. The van der Waals surface area contributed by atoms with E-state index in [0.29, 0.717) is 5.56 Å². The highest BCUT2D eigenvalue weighted by molar-refractivity contribution is 7.19. The monoisotopic (exact) mass is 268 g/mol. The third-order valence-electron chi connectivity index (χ3n) is 3.10. The van der Waals surface area contributed by atoms with Gasteiger partial charge in [-0.25, -0.2) is 4.79 Å². The van der Waals surface area contributed by atoms with Crippen LogP contribution in [-0.2, 0) is 0 Å². The molecule has 0 radical (unpaired) electrons. The molecule has 0 bridgehead atoms. The van der Waals surface area contributed by atoms with Crippen LogP contribution in [0, 0.1) is 6.92 Å². The summed E-state index contributed by atoms with van der Waals surface area (Å²) in [6, 6.07) is 15.5. The number of aryl methyl sites for hydroxylation is 1. The first-order valence-electron chi connectivity index (χ1n) is 5.97. The largest absolute Gasteiger partial charge is 0.478 e. The molecule has 94 valence electrons. The van der Waals surface area contributed by atoms with Crippen molar-refractivity contribution < 1.29 is 9.90 Å². The van der Waals surface area contributed by atoms with Crippen LogP contribution in [0.2, 0.25) is 0 Å². The lowest BCUT2D eigenvalue weighted by Gasteiger charge is -2.02. The number of carbonyl (C=O) groups is 1. The number of carboxylic acid groups (broad SMARTS) is 1. The van der Waals surface area contributed by atoms with E-state index >= 15 is 0 Å². The summed E-state index contributed by atoms with van der Waals surface area (Å²) in [6.07, 6.45) is 0. The Bertz CT molecular complexity index is 754. The second kappa shape index (κ2) is 4.52. The summed E-state index contributed by atoms with van der Waals surface area (Å²) in [6.45, 7) is 2.10. The maximum absolute atomic E-state index is 10.8. The molecule has 3 aromatic rings. The number of fused-ring (bicyclic) bond motifs is 1. The topological polar surface area (TPSA) is 37.3 Å². The fraction of sp³-hybridized carbons (Fsp3) is 0.0625. The lowest BCUT2D eigenvalue weighted by molar-refractivity contribution is 0.0697. The van der Waals surface area contributed by atoms with Crippen molar-refractivity contribution in [3.63, 3.8) is 0 Å². The zero-order valence-corrected chi connectivity index (χ0v) is 11.2. The molecule has 1 heterocycles. The Hall–Kier alpha value is -2.13. The molecule has 0 spiro atoms. The van der Waals surface area contributed by atoms with Crippen LogP contribution in [0.1, 0.15) is 15.2 Å². The van der Waals surface area contributed by atoms with Gasteiger partial charge in [0.2, 0.25) is 0 Å². The van der Waals surface area contributed by atoms with Gasteiger partial charge in [0, 0.05) is 9.58 Å². The third kappa shape index (κ3) is 2.25. The van der Waals surface area contributed by atoms with Crippen molar-refractivity contribution in [3.8, 4) is 11.1 Å². The summed E-state index contributed by atoms with van der Waals surface area (Å²) in [7, 11) is 0. The van der Waals surface area contributed by atoms with Crippen molar-refractivity contribution in [2.45, 2.75) is 6.92 Å². The quantitative estimate of drug-likeness (QED) is 0.739. The predicted molar refractivity (Wildman–Crippen MR) is 79.0 cm³/mol. The van der Waals surface area contributed by atoms with Gasteiger partial charge in [-0.1, -0.05) is 18.2 Å². The molecule has 0 saturated heterocycles. The summed E-state index contributed by atoms with van der Waals surface area (Å²) >= 11 is 1.78. The first-order valence-corrected chi connectivity index (χ1v) is 6.79. The Morgan fingerprint density at radius 1 is 1.00 bits per heavy atom. The molecule has 0 atom stereocenters. The van der Waals surface area contributed by atoms with Gasteiger partial charge in [-0.3, -0.25) is 0 Å². The molecule has 1 N–H and O–H groups in total. The molecule has 0 aliphatic carbocycles. The highest BCUT2D eigenvalue weighted by Gasteiger charge is 2.05. The van der Waals surface area contributed by atoms with Crippen LogP contribution < -0.4 is 0 Å². The van der Waals surface area contributed by atoms with Gasteiger partial charge in [0.1, 0.15) is 0 Å². The molecular weight excluding hydrogens is 256 g/mol. The molecule has 3 heteroatoms. The van der Waals surface area contributed by atoms with Crippen molar-refractivity contribution in [1.29, 1.82) is 0 Å². The Kier molecular flexibility index (Phi) is 2.84. The van der Waals surface area contributed by atoms with Crippen LogP contribution in [0.15, 0.2) is 48.5 Å². The van der Waals surface area contributed by atoms with Gasteiger partial charge in [0.05, 0.1) is 5.56 Å². The van der Waals surface area contributed by atoms with E-state index in [1.54, 1.807) is 23.5 Å². The molecule has 0 saturated carbocycles. The van der Waals surface area contributed by atoms with Crippen LogP contribution in [0.3, 0.4) is 0 Å². The second-order valence-corrected chi connectivity index (χ2v) is 5.78. The van der Waals surface area contributed by atoms with Crippen LogP contribution in [0.25, 0.3) is 21.2 Å². The van der Waals surface area contributed by atoms with E-state index in [1.165, 1.54) is 15.0 Å². The molecule has 3 rings (SSSR count). The average molecular weight is 268 g/mol. The standard InChI is InChI=1S/C16H12O2S/c1-10-8-14-9-13(6-7-15(14)19-10)11-2-4-12(5-3-11)16(17)18/h2-9H,1H3,(H,17,18). The fourth-order valence-corrected chi connectivity index (χ4v) is 3.07. The van der Waals surface area contributed by atoms with Crippen molar-refractivity contribution in [2.24, 2.45) is 0 Å². The molecule has 2 aromatic carbocycles. The Morgan fingerprint density at radius 3 is 2.37 bits per heavy atom. The van der Waals surface area contributed by atoms with E-state index in [-0.39, 0.29) is 0 Å². The van der Waals surface area contributed by atoms with Gasteiger partial charge in [-0.05, 0) is 53.8 Å². The Balaban J connectivity index is 2.05. The van der Waals surface area contributed by atoms with Crippen molar-refractivity contribution >= 4 is 27.4 Å². The molecular formula is C16H12O2S. The second-order valence-electron chi connectivity index (χ2n) is 4.49. The molecule has 0 amide bonds. The lowest BCUT2D eigenvalue weighted by atomic mass is 10.0. The summed E-state index contributed by atoms with van der Waals surface area (Å²) in [5, 5.41) is 10.1. The van der Waals surface area contributed by atoms with E-state index in [4.69, 9.17) is 5.11 Å². The summed E-state index contributed by atoms with van der Waals surface area (Å²) < 4.78 is 1.28. The molecule has 1 aromatic heterocycles. The van der Waals surface area contributed by atoms with E-state index in [0.717, 1.165) is 11.1 Å². The molecule has 0 aliphatic rings. The Labute approximate surface area is 114 Å². The number of benzene rings is 2. The SMILES string of the molecule is Cc1cc2cc(-c3ccc(C(=O)O)cc3)ccc2s1. The number of aromatic carboxylic acids is 1. The first-order chi connectivity index (χ1) is 9.13. The van der Waals surface area contributed by atoms with Crippen LogP contribution in [-0.4, -0.2) is 11.1 Å². The van der Waals surface area contributed by atoms with Crippen LogP contribution >= 0.6 is 11.3 Å². The fourth-order valence-electron chi connectivity index (χ4n) is 2.16.